The van der Waals surface area contributed by atoms with Crippen LogP contribution in [-0.2, 0) is 18.3 Å². The van der Waals surface area contributed by atoms with Crippen LogP contribution in [0.15, 0.2) is 103 Å². The summed E-state index contributed by atoms with van der Waals surface area (Å²) >= 11 is 6.69. The van der Waals surface area contributed by atoms with E-state index in [1.807, 2.05) is 0 Å². The first kappa shape index (κ1) is 28.4. The lowest BCUT2D eigenvalue weighted by Crippen LogP contribution is -2.79. The summed E-state index contributed by atoms with van der Waals surface area (Å²) in [4.78, 5) is 0. The van der Waals surface area contributed by atoms with Crippen LogP contribution >= 0.6 is 11.6 Å². The second-order valence-corrected chi connectivity index (χ2v) is 19.5. The SMILES string of the molecule is CC[Si]1(C)c2cc(Cl)ccc2B2c3ccc(-c4ccc(-n5c6c(c7ccccc75)CCCC6)cc4)cc3C(C)(C)c3cccc1c32. The molecule has 5 aromatic carbocycles. The summed E-state index contributed by atoms with van der Waals surface area (Å²) in [6.45, 7) is 10.1. The number of hydrogen-bond acceptors (Lipinski definition) is 0. The molecule has 1 aliphatic carbocycles. The van der Waals surface area contributed by atoms with Crippen molar-refractivity contribution in [1.82, 2.24) is 4.57 Å². The minimum Gasteiger partial charge on any atom is -0.313 e. The quantitative estimate of drug-likeness (QED) is 0.178. The second kappa shape index (κ2) is 10.1. The second-order valence-electron chi connectivity index (χ2n) is 14.6. The fraction of sp³-hybridized carbons (Fsp3) is 0.238. The Morgan fingerprint density at radius 1 is 0.761 bits per heavy atom. The normalized spacial score (nSPS) is 18.9. The fourth-order valence-electron chi connectivity index (χ4n) is 9.43. The Kier molecular flexibility index (Phi) is 6.25. The zero-order valence-electron chi connectivity index (χ0n) is 27.3. The van der Waals surface area contributed by atoms with Gasteiger partial charge in [0.15, 0.2) is 0 Å². The number of benzene rings is 5. The Balaban J connectivity index is 1.18. The van der Waals surface area contributed by atoms with Crippen molar-refractivity contribution in [3.05, 3.63) is 131 Å². The number of fused-ring (bicyclic) bond motifs is 7. The summed E-state index contributed by atoms with van der Waals surface area (Å²) in [5.41, 5.74) is 15.6. The number of halogens is 1. The van der Waals surface area contributed by atoms with Gasteiger partial charge in [0.2, 0.25) is 6.71 Å². The van der Waals surface area contributed by atoms with E-state index in [-0.39, 0.29) is 12.1 Å². The molecule has 0 radical (unpaired) electrons. The van der Waals surface area contributed by atoms with Crippen molar-refractivity contribution < 1.29 is 0 Å². The highest BCUT2D eigenvalue weighted by Gasteiger charge is 2.49. The smallest absolute Gasteiger partial charge is 0.241 e. The molecule has 1 atom stereocenters. The average molecular weight is 632 g/mol. The van der Waals surface area contributed by atoms with Crippen molar-refractivity contribution in [3.8, 4) is 16.8 Å². The molecule has 6 aromatic rings. The van der Waals surface area contributed by atoms with Crippen LogP contribution in [0.1, 0.15) is 56.0 Å². The van der Waals surface area contributed by atoms with Gasteiger partial charge >= 0.3 is 0 Å². The Labute approximate surface area is 279 Å². The molecule has 3 heterocycles. The lowest BCUT2D eigenvalue weighted by atomic mass is 9.31. The van der Waals surface area contributed by atoms with E-state index in [1.165, 1.54) is 86.0 Å². The molecule has 1 nitrogen and oxygen atoms in total. The summed E-state index contributed by atoms with van der Waals surface area (Å²) in [6.07, 6.45) is 4.91. The third kappa shape index (κ3) is 3.82. The molecule has 3 aliphatic rings. The van der Waals surface area contributed by atoms with Gasteiger partial charge in [-0.25, -0.2) is 0 Å². The maximum atomic E-state index is 6.69. The standard InChI is InChI=1S/C42H39BClNSi/c1-5-46(4)39-16-10-13-33-41(39)43(36-24-20-29(44)26-40(36)46)35-23-19-28(25-34(35)42(33,2)3)27-17-21-30(22-18-27)45-37-14-8-6-11-31(37)32-12-7-9-15-38(32)45/h6,8,10-11,13-14,16-26H,5,7,9,12,15H2,1-4H3. The van der Waals surface area contributed by atoms with Gasteiger partial charge in [0.1, 0.15) is 8.07 Å². The van der Waals surface area contributed by atoms with E-state index in [9.17, 15) is 0 Å². The van der Waals surface area contributed by atoms with Crippen molar-refractivity contribution >= 4 is 64.1 Å². The largest absolute Gasteiger partial charge is 0.313 e. The maximum Gasteiger partial charge on any atom is 0.241 e. The number of nitrogens with zero attached hydrogens (tertiary/aromatic N) is 1. The van der Waals surface area contributed by atoms with Gasteiger partial charge in [-0.3, -0.25) is 0 Å². The predicted octanol–water partition coefficient (Wildman–Crippen LogP) is 7.51. The fourth-order valence-corrected chi connectivity index (χ4v) is 13.4. The summed E-state index contributed by atoms with van der Waals surface area (Å²) < 4.78 is 2.53. The Morgan fingerprint density at radius 2 is 1.52 bits per heavy atom. The van der Waals surface area contributed by atoms with E-state index in [2.05, 4.69) is 135 Å². The maximum absolute atomic E-state index is 6.69. The van der Waals surface area contributed by atoms with Gasteiger partial charge in [-0.1, -0.05) is 145 Å². The van der Waals surface area contributed by atoms with Crippen LogP contribution in [-0.4, -0.2) is 19.4 Å². The lowest BCUT2D eigenvalue weighted by Gasteiger charge is -2.47. The minimum absolute atomic E-state index is 0.0940. The zero-order chi connectivity index (χ0) is 31.4. The van der Waals surface area contributed by atoms with Crippen LogP contribution < -0.4 is 26.8 Å². The molecule has 0 saturated heterocycles. The van der Waals surface area contributed by atoms with Crippen LogP contribution in [0.4, 0.5) is 0 Å². The van der Waals surface area contributed by atoms with E-state index in [0.29, 0.717) is 0 Å². The highest BCUT2D eigenvalue weighted by Crippen LogP contribution is 2.38. The van der Waals surface area contributed by atoms with E-state index in [0.717, 1.165) is 11.4 Å². The molecule has 9 rings (SSSR count). The number of hydrogen-bond donors (Lipinski definition) is 0. The Hall–Kier alpha value is -3.79. The molecular formula is C42H39BClNSi. The van der Waals surface area contributed by atoms with Crippen LogP contribution in [0.3, 0.4) is 0 Å². The first-order valence-corrected chi connectivity index (χ1v) is 20.2. The van der Waals surface area contributed by atoms with E-state index < -0.39 is 8.07 Å². The van der Waals surface area contributed by atoms with E-state index in [4.69, 9.17) is 11.6 Å². The van der Waals surface area contributed by atoms with Crippen LogP contribution in [0.2, 0.25) is 17.6 Å². The molecule has 46 heavy (non-hydrogen) atoms. The molecule has 0 bridgehead atoms. The van der Waals surface area contributed by atoms with E-state index in [1.54, 1.807) is 16.2 Å². The van der Waals surface area contributed by atoms with Gasteiger partial charge in [0, 0.05) is 27.2 Å². The van der Waals surface area contributed by atoms with Crippen LogP contribution in [0, 0.1) is 0 Å². The summed E-state index contributed by atoms with van der Waals surface area (Å²) in [5.74, 6) is 0. The van der Waals surface area contributed by atoms with Gasteiger partial charge in [0.25, 0.3) is 0 Å². The van der Waals surface area contributed by atoms with Gasteiger partial charge < -0.3 is 4.57 Å². The topological polar surface area (TPSA) is 4.93 Å². The number of para-hydroxylation sites is 1. The predicted molar refractivity (Wildman–Crippen MR) is 201 cm³/mol. The van der Waals surface area contributed by atoms with Gasteiger partial charge in [-0.05, 0) is 83.8 Å². The third-order valence-electron chi connectivity index (χ3n) is 12.0. The monoisotopic (exact) mass is 631 g/mol. The first-order chi connectivity index (χ1) is 22.3. The van der Waals surface area contributed by atoms with Crippen LogP contribution in [0.5, 0.6) is 0 Å². The molecule has 0 fully saturated rings. The summed E-state index contributed by atoms with van der Waals surface area (Å²) in [6, 6.07) is 40.7. The molecule has 2 aliphatic heterocycles. The molecule has 0 N–H and O–H groups in total. The lowest BCUT2D eigenvalue weighted by molar-refractivity contribution is 0.646. The summed E-state index contributed by atoms with van der Waals surface area (Å²) in [7, 11) is -1.93. The number of rotatable bonds is 3. The molecule has 1 unspecified atom stereocenters. The summed E-state index contributed by atoms with van der Waals surface area (Å²) in [5, 5.41) is 5.40. The van der Waals surface area contributed by atoms with Gasteiger partial charge in [-0.2, -0.15) is 0 Å². The highest BCUT2D eigenvalue weighted by atomic mass is 35.5. The third-order valence-corrected chi connectivity index (χ3v) is 16.9. The van der Waals surface area contributed by atoms with Crippen molar-refractivity contribution in [3.63, 3.8) is 0 Å². The number of aromatic nitrogens is 1. The van der Waals surface area contributed by atoms with Gasteiger partial charge in [-0.15, -0.1) is 0 Å². The molecule has 0 saturated carbocycles. The molecule has 0 spiro atoms. The molecule has 226 valence electrons. The van der Waals surface area contributed by atoms with Gasteiger partial charge in [0.05, 0.1) is 5.52 Å². The van der Waals surface area contributed by atoms with Crippen molar-refractivity contribution in [2.45, 2.75) is 64.5 Å². The number of aryl methyl sites for hydroxylation is 1. The van der Waals surface area contributed by atoms with Crippen LogP contribution in [0.25, 0.3) is 27.7 Å². The molecule has 0 amide bonds. The minimum atomic E-state index is -1.93. The first-order valence-electron chi connectivity index (χ1n) is 17.1. The van der Waals surface area contributed by atoms with Crippen molar-refractivity contribution in [2.75, 3.05) is 0 Å². The Bertz CT molecular complexity index is 2210. The molecule has 1 aromatic heterocycles. The van der Waals surface area contributed by atoms with Crippen molar-refractivity contribution in [2.24, 2.45) is 0 Å². The molecule has 4 heteroatoms. The average Bonchev–Trinajstić information content (AvgIpc) is 3.42. The highest BCUT2D eigenvalue weighted by molar-refractivity contribution is 7.14. The Morgan fingerprint density at radius 3 is 2.35 bits per heavy atom. The molecular weight excluding hydrogens is 593 g/mol. The van der Waals surface area contributed by atoms with E-state index >= 15 is 0 Å². The van der Waals surface area contributed by atoms with Crippen molar-refractivity contribution in [1.29, 1.82) is 0 Å². The zero-order valence-corrected chi connectivity index (χ0v) is 29.0.